The quantitative estimate of drug-likeness (QED) is 0.549. The van der Waals surface area contributed by atoms with Crippen LogP contribution < -0.4 is 0 Å². The second-order valence-corrected chi connectivity index (χ2v) is 7.72. The van der Waals surface area contributed by atoms with Crippen molar-refractivity contribution in [3.63, 3.8) is 0 Å². The summed E-state index contributed by atoms with van der Waals surface area (Å²) in [6.07, 6.45) is 0. The molecule has 130 valence electrons. The van der Waals surface area contributed by atoms with Gasteiger partial charge in [0.25, 0.3) is 0 Å². The van der Waals surface area contributed by atoms with Crippen molar-refractivity contribution in [1.29, 1.82) is 0 Å². The molecule has 4 unspecified atom stereocenters. The van der Waals surface area contributed by atoms with E-state index in [4.69, 9.17) is 55.9 Å². The lowest BCUT2D eigenvalue weighted by Crippen LogP contribution is -2.61. The van der Waals surface area contributed by atoms with Gasteiger partial charge >= 0.3 is 11.9 Å². The second-order valence-electron chi connectivity index (χ2n) is 5.83. The van der Waals surface area contributed by atoms with Crippen LogP contribution in [0.15, 0.2) is 10.1 Å². The molecule has 0 aromatic carbocycles. The smallest absolute Gasteiger partial charge is 0.313 e. The van der Waals surface area contributed by atoms with Crippen LogP contribution in [-0.4, -0.2) is 51.9 Å². The number of rotatable bonds is 4. The van der Waals surface area contributed by atoms with Gasteiger partial charge in [-0.1, -0.05) is 23.2 Å². The number of carboxylic acid groups (broad SMARTS) is 2. The lowest BCUT2D eigenvalue weighted by Gasteiger charge is -2.46. The topological polar surface area (TPSA) is 93.1 Å². The maximum absolute atomic E-state index is 12.1. The lowest BCUT2D eigenvalue weighted by atomic mass is 9.59. The summed E-state index contributed by atoms with van der Waals surface area (Å²) in [6.45, 7) is 2.28. The number of hydrogen-bond donors (Lipinski definition) is 2. The molecule has 0 saturated heterocycles. The normalized spacial score (nSPS) is 44.7. The number of fused-ring (bicyclic) bond motifs is 2. The van der Waals surface area contributed by atoms with Gasteiger partial charge in [0, 0.05) is 14.2 Å². The Balaban J connectivity index is 3.13. The van der Waals surface area contributed by atoms with E-state index in [9.17, 15) is 19.8 Å². The van der Waals surface area contributed by atoms with E-state index in [0.29, 0.717) is 0 Å². The van der Waals surface area contributed by atoms with Crippen molar-refractivity contribution in [2.75, 3.05) is 14.2 Å². The molecule has 6 nitrogen and oxygen atoms in total. The van der Waals surface area contributed by atoms with Gasteiger partial charge < -0.3 is 19.7 Å². The van der Waals surface area contributed by atoms with E-state index in [1.807, 2.05) is 0 Å². The van der Waals surface area contributed by atoms with E-state index in [1.165, 1.54) is 0 Å². The first kappa shape index (κ1) is 19.1. The molecule has 0 heterocycles. The maximum atomic E-state index is 12.1. The fraction of sp³-hybridized carbons (Fsp3) is 0.692. The Morgan fingerprint density at radius 1 is 0.870 bits per heavy atom. The predicted octanol–water partition coefficient (Wildman–Crippen LogP) is 2.83. The Kier molecular flexibility index (Phi) is 4.06. The molecule has 0 amide bonds. The molecule has 0 radical (unpaired) electrons. The molecule has 0 aromatic rings. The van der Waals surface area contributed by atoms with Gasteiger partial charge in [-0.2, -0.15) is 0 Å². The van der Waals surface area contributed by atoms with Crippen LogP contribution in [0.2, 0.25) is 0 Å². The van der Waals surface area contributed by atoms with Gasteiger partial charge in [0.1, 0.15) is 10.8 Å². The molecular weight excluding hydrogens is 394 g/mol. The minimum atomic E-state index is -2.20. The molecule has 0 spiro atoms. The van der Waals surface area contributed by atoms with Gasteiger partial charge in [-0.05, 0) is 13.8 Å². The van der Waals surface area contributed by atoms with Crippen molar-refractivity contribution in [1.82, 2.24) is 0 Å². The zero-order chi connectivity index (χ0) is 18.2. The number of methoxy groups -OCH3 is 2. The van der Waals surface area contributed by atoms with E-state index in [0.717, 1.165) is 28.1 Å². The second kappa shape index (κ2) is 4.90. The highest BCUT2D eigenvalue weighted by Crippen LogP contribution is 2.82. The summed E-state index contributed by atoms with van der Waals surface area (Å²) in [6, 6.07) is 0. The minimum Gasteiger partial charge on any atom is -0.481 e. The Labute approximate surface area is 152 Å². The Morgan fingerprint density at radius 2 is 1.13 bits per heavy atom. The molecule has 2 aliphatic carbocycles. The number of hydrogen-bond acceptors (Lipinski definition) is 4. The molecule has 1 saturated carbocycles. The average molecular weight is 408 g/mol. The predicted molar refractivity (Wildman–Crippen MR) is 84.1 cm³/mol. The van der Waals surface area contributed by atoms with Crippen LogP contribution in [0, 0.1) is 10.8 Å². The standard InChI is InChI=1S/C13H14Cl4O6/c1-9(7(18)19)10(2,8(20)21)12(17)6(15)5(14)11(9,16)13(12,22-3)23-4/h1-4H3,(H,18,19)(H,20,21). The molecular formula is C13H14Cl4O6. The Bertz CT molecular complexity index is 596. The molecule has 1 fully saturated rings. The third kappa shape index (κ3) is 1.37. The Morgan fingerprint density at radius 3 is 1.30 bits per heavy atom. The third-order valence-corrected chi connectivity index (χ3v) is 8.38. The fourth-order valence-corrected chi connectivity index (χ4v) is 6.36. The largest absolute Gasteiger partial charge is 0.481 e. The first-order valence-corrected chi connectivity index (χ1v) is 7.85. The molecule has 0 aliphatic heterocycles. The summed E-state index contributed by atoms with van der Waals surface area (Å²) >= 11 is 25.7. The van der Waals surface area contributed by atoms with Crippen molar-refractivity contribution < 1.29 is 29.3 Å². The summed E-state index contributed by atoms with van der Waals surface area (Å²) in [5.74, 6) is -5.17. The molecule has 10 heteroatoms. The van der Waals surface area contributed by atoms with Crippen LogP contribution in [-0.2, 0) is 19.1 Å². The van der Waals surface area contributed by atoms with E-state index >= 15 is 0 Å². The van der Waals surface area contributed by atoms with Crippen molar-refractivity contribution in [2.45, 2.75) is 29.4 Å². The SMILES string of the molecule is COC1(OC)C2(Cl)C(Cl)=C(Cl)C1(Cl)C(C)(C(=O)O)C2(C)C(=O)O. The molecule has 4 atom stereocenters. The van der Waals surface area contributed by atoms with Crippen LogP contribution in [0.4, 0.5) is 0 Å². The molecule has 2 aliphatic rings. The number of ether oxygens (including phenoxy) is 2. The van der Waals surface area contributed by atoms with Crippen LogP contribution >= 0.6 is 46.4 Å². The van der Waals surface area contributed by atoms with Gasteiger partial charge in [-0.25, -0.2) is 0 Å². The third-order valence-electron chi connectivity index (χ3n) is 5.51. The van der Waals surface area contributed by atoms with E-state index < -0.39 is 38.3 Å². The van der Waals surface area contributed by atoms with E-state index in [1.54, 1.807) is 0 Å². The van der Waals surface area contributed by atoms with Crippen molar-refractivity contribution >= 4 is 58.3 Å². The minimum absolute atomic E-state index is 0.317. The number of aliphatic carboxylic acids is 2. The van der Waals surface area contributed by atoms with Crippen molar-refractivity contribution in [3.05, 3.63) is 10.1 Å². The highest BCUT2D eigenvalue weighted by Gasteiger charge is 2.96. The Hall–Kier alpha value is -0.240. The summed E-state index contributed by atoms with van der Waals surface area (Å²) in [5, 5.41) is 19.1. The molecule has 2 bridgehead atoms. The van der Waals surface area contributed by atoms with Crippen LogP contribution in [0.25, 0.3) is 0 Å². The van der Waals surface area contributed by atoms with Crippen molar-refractivity contribution in [2.24, 2.45) is 10.8 Å². The van der Waals surface area contributed by atoms with Gasteiger partial charge in [0.05, 0.1) is 10.1 Å². The highest BCUT2D eigenvalue weighted by atomic mass is 35.5. The summed E-state index contributed by atoms with van der Waals surface area (Å²) in [4.78, 5) is 19.9. The molecule has 2 rings (SSSR count). The zero-order valence-corrected chi connectivity index (χ0v) is 15.6. The molecule has 0 aromatic heterocycles. The van der Waals surface area contributed by atoms with Crippen molar-refractivity contribution in [3.8, 4) is 0 Å². The van der Waals surface area contributed by atoms with Gasteiger partial charge in [-0.15, -0.1) is 23.2 Å². The van der Waals surface area contributed by atoms with E-state index in [-0.39, 0.29) is 10.1 Å². The van der Waals surface area contributed by atoms with Gasteiger partial charge in [0.2, 0.25) is 5.79 Å². The van der Waals surface area contributed by atoms with Crippen LogP contribution in [0.1, 0.15) is 13.8 Å². The first-order chi connectivity index (χ1) is 10.3. The van der Waals surface area contributed by atoms with Crippen LogP contribution in [0.5, 0.6) is 0 Å². The molecule has 23 heavy (non-hydrogen) atoms. The number of alkyl halides is 2. The zero-order valence-electron chi connectivity index (χ0n) is 12.5. The summed E-state index contributed by atoms with van der Waals surface area (Å²) in [7, 11) is 2.32. The first-order valence-electron chi connectivity index (χ1n) is 6.34. The average Bonchev–Trinajstić information content (AvgIpc) is 2.69. The number of carboxylic acids is 2. The number of halogens is 4. The van der Waals surface area contributed by atoms with Gasteiger partial charge in [0.15, 0.2) is 9.75 Å². The van der Waals surface area contributed by atoms with Gasteiger partial charge in [-0.3, -0.25) is 9.59 Å². The monoisotopic (exact) mass is 406 g/mol. The van der Waals surface area contributed by atoms with E-state index in [2.05, 4.69) is 0 Å². The highest BCUT2D eigenvalue weighted by molar-refractivity contribution is 6.53. The number of carbonyl (C=O) groups is 2. The summed E-state index contributed by atoms with van der Waals surface area (Å²) < 4.78 is 10.7. The molecule has 2 N–H and O–H groups in total. The van der Waals surface area contributed by atoms with Crippen LogP contribution in [0.3, 0.4) is 0 Å². The summed E-state index contributed by atoms with van der Waals surface area (Å²) in [5.41, 5.74) is -4.40. The lowest BCUT2D eigenvalue weighted by molar-refractivity contribution is -0.225. The fourth-order valence-electron chi connectivity index (χ4n) is 3.98. The maximum Gasteiger partial charge on any atom is 0.313 e.